The lowest BCUT2D eigenvalue weighted by Crippen LogP contribution is -2.13. The van der Waals surface area contributed by atoms with Gasteiger partial charge in [0.05, 0.1) is 15.0 Å². The third-order valence-electron chi connectivity index (χ3n) is 2.17. The Kier molecular flexibility index (Phi) is 9.85. The molecule has 17 heavy (non-hydrogen) atoms. The Bertz CT molecular complexity index is 302. The second kappa shape index (κ2) is 10.3. The summed E-state index contributed by atoms with van der Waals surface area (Å²) in [6, 6.07) is 9.12. The molecular weight excluding hydrogens is 230 g/mol. The average molecular weight is 250 g/mol. The Morgan fingerprint density at radius 1 is 1.41 bits per heavy atom. The summed E-state index contributed by atoms with van der Waals surface area (Å²) in [6.45, 7) is 2.20. The molecule has 0 aromatic heterocycles. The fraction of sp³-hybridized carbons (Fsp3) is 0.462. The predicted octanol–water partition coefficient (Wildman–Crippen LogP) is 2.73. The van der Waals surface area contributed by atoms with E-state index in [-0.39, 0.29) is 0 Å². The van der Waals surface area contributed by atoms with Crippen LogP contribution in [0.3, 0.4) is 0 Å². The molecule has 1 rings (SSSR count). The lowest BCUT2D eigenvalue weighted by atomic mass is 9.81. The smallest absolute Gasteiger partial charge is 0.304 e. The SMILES string of the molecule is CCCCP.[B]C(C(=O)OC)c1ccccc1. The summed E-state index contributed by atoms with van der Waals surface area (Å²) in [4.78, 5) is 11.0. The van der Waals surface area contributed by atoms with Crippen molar-refractivity contribution < 1.29 is 9.53 Å². The first-order chi connectivity index (χ1) is 8.17. The van der Waals surface area contributed by atoms with E-state index in [1.807, 2.05) is 18.2 Å². The normalized spacial score (nSPS) is 11.0. The highest BCUT2D eigenvalue weighted by atomic mass is 31.0. The summed E-state index contributed by atoms with van der Waals surface area (Å²) in [5.41, 5.74) is 0.768. The molecule has 0 aliphatic carbocycles. The zero-order valence-electron chi connectivity index (χ0n) is 10.6. The first-order valence-corrected chi connectivity index (χ1v) is 6.57. The van der Waals surface area contributed by atoms with Crippen LogP contribution in [0.5, 0.6) is 0 Å². The number of rotatable bonds is 4. The number of esters is 1. The molecule has 0 saturated heterocycles. The van der Waals surface area contributed by atoms with Crippen molar-refractivity contribution in [2.24, 2.45) is 0 Å². The van der Waals surface area contributed by atoms with Gasteiger partial charge in [-0.2, -0.15) is 0 Å². The first-order valence-electron chi connectivity index (χ1n) is 5.75. The highest BCUT2D eigenvalue weighted by molar-refractivity contribution is 7.16. The lowest BCUT2D eigenvalue weighted by molar-refractivity contribution is -0.140. The second-order valence-corrected chi connectivity index (χ2v) is 4.13. The van der Waals surface area contributed by atoms with Gasteiger partial charge in [-0.05, 0) is 11.7 Å². The Hall–Kier alpha value is -0.815. The number of methoxy groups -OCH3 is 1. The molecule has 0 amide bonds. The molecule has 1 aromatic carbocycles. The molecule has 2 radical (unpaired) electrons. The highest BCUT2D eigenvalue weighted by Gasteiger charge is 2.13. The number of benzene rings is 1. The van der Waals surface area contributed by atoms with Gasteiger partial charge < -0.3 is 4.74 Å². The van der Waals surface area contributed by atoms with Crippen molar-refractivity contribution in [1.29, 1.82) is 0 Å². The Morgan fingerprint density at radius 3 is 2.35 bits per heavy atom. The fourth-order valence-corrected chi connectivity index (χ4v) is 1.54. The van der Waals surface area contributed by atoms with Crippen LogP contribution in [0.2, 0.25) is 0 Å². The molecule has 4 heteroatoms. The topological polar surface area (TPSA) is 26.3 Å². The van der Waals surface area contributed by atoms with Crippen LogP contribution in [0.25, 0.3) is 0 Å². The maximum atomic E-state index is 11.0. The van der Waals surface area contributed by atoms with Crippen LogP contribution in [-0.4, -0.2) is 27.1 Å². The minimum atomic E-state index is -0.670. The summed E-state index contributed by atoms with van der Waals surface area (Å²) in [6.07, 6.45) is 3.94. The Labute approximate surface area is 108 Å². The zero-order chi connectivity index (χ0) is 13.1. The molecule has 2 atom stereocenters. The van der Waals surface area contributed by atoms with Crippen molar-refractivity contribution in [1.82, 2.24) is 0 Å². The monoisotopic (exact) mass is 250 g/mol. The van der Waals surface area contributed by atoms with Crippen LogP contribution < -0.4 is 0 Å². The summed E-state index contributed by atoms with van der Waals surface area (Å²) in [5, 5.41) is 0. The molecule has 0 saturated carbocycles. The third-order valence-corrected chi connectivity index (χ3v) is 2.58. The van der Waals surface area contributed by atoms with Gasteiger partial charge in [-0.3, -0.25) is 4.79 Å². The van der Waals surface area contributed by atoms with Crippen molar-refractivity contribution >= 4 is 23.1 Å². The van der Waals surface area contributed by atoms with Gasteiger partial charge in [0, 0.05) is 5.82 Å². The van der Waals surface area contributed by atoms with E-state index in [4.69, 9.17) is 7.85 Å². The van der Waals surface area contributed by atoms with Gasteiger partial charge in [-0.25, -0.2) is 0 Å². The van der Waals surface area contributed by atoms with Crippen molar-refractivity contribution in [3.05, 3.63) is 35.9 Å². The van der Waals surface area contributed by atoms with Gasteiger partial charge in [-0.15, -0.1) is 9.24 Å². The summed E-state index contributed by atoms with van der Waals surface area (Å²) >= 11 is 0. The minimum absolute atomic E-state index is 0.416. The van der Waals surface area contributed by atoms with Gasteiger partial charge in [0.25, 0.3) is 0 Å². The van der Waals surface area contributed by atoms with E-state index in [1.165, 1.54) is 26.1 Å². The largest absolute Gasteiger partial charge is 0.469 e. The zero-order valence-corrected chi connectivity index (χ0v) is 11.7. The maximum Gasteiger partial charge on any atom is 0.304 e. The molecule has 0 fully saturated rings. The van der Waals surface area contributed by atoms with Crippen LogP contribution >= 0.6 is 9.24 Å². The summed E-state index contributed by atoms with van der Waals surface area (Å²) < 4.78 is 4.50. The highest BCUT2D eigenvalue weighted by Crippen LogP contribution is 2.12. The molecule has 2 unspecified atom stereocenters. The predicted molar refractivity (Wildman–Crippen MR) is 76.4 cm³/mol. The number of carbonyl (C=O) groups is 1. The van der Waals surface area contributed by atoms with E-state index >= 15 is 0 Å². The Balaban J connectivity index is 0.000000437. The third kappa shape index (κ3) is 7.17. The van der Waals surface area contributed by atoms with Crippen LogP contribution in [0.4, 0.5) is 0 Å². The fourth-order valence-electron chi connectivity index (χ4n) is 1.13. The van der Waals surface area contributed by atoms with Crippen LogP contribution in [0, 0.1) is 0 Å². The minimum Gasteiger partial charge on any atom is -0.469 e. The molecule has 1 aromatic rings. The van der Waals surface area contributed by atoms with E-state index in [1.54, 1.807) is 12.1 Å². The average Bonchev–Trinajstić information content (AvgIpc) is 2.39. The molecule has 0 aliphatic rings. The molecule has 2 nitrogen and oxygen atoms in total. The van der Waals surface area contributed by atoms with Gasteiger partial charge >= 0.3 is 5.97 Å². The molecule has 0 aliphatic heterocycles. The molecular formula is C13H20BO2P. The molecule has 0 spiro atoms. The maximum absolute atomic E-state index is 11.0. The van der Waals surface area contributed by atoms with Gasteiger partial charge in [0.2, 0.25) is 0 Å². The lowest BCUT2D eigenvalue weighted by Gasteiger charge is -2.08. The molecule has 92 valence electrons. The second-order valence-electron chi connectivity index (χ2n) is 3.55. The number of ether oxygens (including phenoxy) is 1. The van der Waals surface area contributed by atoms with Crippen LogP contribution in [0.1, 0.15) is 31.1 Å². The molecule has 0 heterocycles. The van der Waals surface area contributed by atoms with Crippen molar-refractivity contribution in [2.75, 3.05) is 13.3 Å². The van der Waals surface area contributed by atoms with Gasteiger partial charge in [0.1, 0.15) is 0 Å². The van der Waals surface area contributed by atoms with Crippen molar-refractivity contribution in [3.8, 4) is 0 Å². The van der Waals surface area contributed by atoms with E-state index in [9.17, 15) is 4.79 Å². The summed E-state index contributed by atoms with van der Waals surface area (Å²) in [7, 11) is 9.60. The Morgan fingerprint density at radius 2 is 2.00 bits per heavy atom. The van der Waals surface area contributed by atoms with Crippen molar-refractivity contribution in [2.45, 2.75) is 25.6 Å². The standard InChI is InChI=1S/C9H9BO2.C4H11P/c1-12-9(11)8(10)7-5-3-2-4-6-7;1-2-3-4-5/h2-6,8H,1H3;2-5H2,1H3. The van der Waals surface area contributed by atoms with E-state index in [2.05, 4.69) is 20.9 Å². The van der Waals surface area contributed by atoms with E-state index in [0.717, 1.165) is 5.56 Å². The number of carbonyl (C=O) groups excluding carboxylic acids is 1. The van der Waals surface area contributed by atoms with Gasteiger partial charge in [0.15, 0.2) is 0 Å². The first kappa shape index (κ1) is 16.2. The van der Waals surface area contributed by atoms with Crippen LogP contribution in [0.15, 0.2) is 30.3 Å². The quantitative estimate of drug-likeness (QED) is 0.466. The molecule has 0 N–H and O–H groups in total. The number of unbranched alkanes of at least 4 members (excludes halogenated alkanes) is 1. The molecule has 0 bridgehead atoms. The summed E-state index contributed by atoms with van der Waals surface area (Å²) in [5.74, 6) is -1.09. The van der Waals surface area contributed by atoms with Crippen molar-refractivity contribution in [3.63, 3.8) is 0 Å². The van der Waals surface area contributed by atoms with E-state index < -0.39 is 11.8 Å². The van der Waals surface area contributed by atoms with Crippen LogP contribution in [-0.2, 0) is 9.53 Å². The number of hydrogen-bond donors (Lipinski definition) is 0. The van der Waals surface area contributed by atoms with Gasteiger partial charge in [-0.1, -0.05) is 50.1 Å². The number of hydrogen-bond acceptors (Lipinski definition) is 2. The van der Waals surface area contributed by atoms with E-state index in [0.29, 0.717) is 0 Å².